The van der Waals surface area contributed by atoms with Crippen molar-refractivity contribution < 1.29 is 9.53 Å². The van der Waals surface area contributed by atoms with Gasteiger partial charge in [-0.3, -0.25) is 14.2 Å². The Hall–Kier alpha value is -4.01. The maximum absolute atomic E-state index is 12.8. The number of nitrogens with one attached hydrogen (secondary N) is 1. The topological polar surface area (TPSA) is 104 Å². The van der Waals surface area contributed by atoms with Crippen LogP contribution in [0, 0.1) is 6.92 Å². The molecule has 0 spiro atoms. The Kier molecular flexibility index (Phi) is 5.25. The van der Waals surface area contributed by atoms with Gasteiger partial charge in [-0.25, -0.2) is 9.67 Å². The van der Waals surface area contributed by atoms with Gasteiger partial charge in [-0.15, -0.1) is 5.10 Å². The van der Waals surface area contributed by atoms with E-state index in [1.54, 1.807) is 28.9 Å². The lowest BCUT2D eigenvalue weighted by Gasteiger charge is -2.10. The van der Waals surface area contributed by atoms with Crippen molar-refractivity contribution >= 4 is 22.8 Å². The van der Waals surface area contributed by atoms with E-state index in [4.69, 9.17) is 4.74 Å². The molecule has 1 amide bonds. The number of anilines is 1. The van der Waals surface area contributed by atoms with Gasteiger partial charge in [0.2, 0.25) is 5.91 Å². The monoisotopic (exact) mass is 404 g/mol. The van der Waals surface area contributed by atoms with Crippen LogP contribution in [0.15, 0.2) is 59.7 Å². The molecule has 0 bridgehead atoms. The van der Waals surface area contributed by atoms with E-state index in [0.717, 1.165) is 11.1 Å². The molecule has 0 atom stereocenters. The summed E-state index contributed by atoms with van der Waals surface area (Å²) in [5.74, 6) is 0.154. The van der Waals surface area contributed by atoms with E-state index in [9.17, 15) is 9.59 Å². The number of rotatable bonds is 6. The lowest BCUT2D eigenvalue weighted by atomic mass is 10.1. The molecule has 0 aliphatic carbocycles. The van der Waals surface area contributed by atoms with E-state index < -0.39 is 5.56 Å². The maximum atomic E-state index is 12.8. The van der Waals surface area contributed by atoms with Gasteiger partial charge in [0.1, 0.15) is 18.6 Å². The van der Waals surface area contributed by atoms with Crippen molar-refractivity contribution in [3.05, 3.63) is 76.3 Å². The summed E-state index contributed by atoms with van der Waals surface area (Å²) < 4.78 is 8.01. The molecule has 0 unspecified atom stereocenters. The molecule has 1 N–H and O–H groups in total. The molecular formula is C21H20N6O3. The van der Waals surface area contributed by atoms with Crippen molar-refractivity contribution in [3.63, 3.8) is 0 Å². The Morgan fingerprint density at radius 3 is 2.70 bits per heavy atom. The van der Waals surface area contributed by atoms with Gasteiger partial charge in [0.05, 0.1) is 19.3 Å². The van der Waals surface area contributed by atoms with E-state index >= 15 is 0 Å². The standard InChI is InChI=1S/C21H20N6O3/c1-14-7-3-4-8-15(14)11-27-20-19(24-25-27)21(29)26(13-22-20)12-18(28)23-16-9-5-6-10-17(16)30-2/h3-10,13H,11-12H2,1-2H3,(H,23,28). The second-order valence-corrected chi connectivity index (χ2v) is 6.77. The molecule has 2 heterocycles. The van der Waals surface area contributed by atoms with Crippen LogP contribution in [0.25, 0.3) is 11.2 Å². The normalized spacial score (nSPS) is 10.9. The summed E-state index contributed by atoms with van der Waals surface area (Å²) in [6.07, 6.45) is 1.34. The largest absolute Gasteiger partial charge is 0.495 e. The molecular weight excluding hydrogens is 384 g/mol. The Labute approximate surface area is 171 Å². The average Bonchev–Trinajstić information content (AvgIpc) is 3.15. The van der Waals surface area contributed by atoms with Gasteiger partial charge >= 0.3 is 0 Å². The summed E-state index contributed by atoms with van der Waals surface area (Å²) in [6, 6.07) is 15.0. The molecule has 4 rings (SSSR count). The molecule has 0 fully saturated rings. The minimum atomic E-state index is -0.425. The van der Waals surface area contributed by atoms with Crippen LogP contribution in [-0.2, 0) is 17.9 Å². The minimum Gasteiger partial charge on any atom is -0.495 e. The summed E-state index contributed by atoms with van der Waals surface area (Å²) in [6.45, 7) is 2.26. The third-order valence-corrected chi connectivity index (χ3v) is 4.77. The van der Waals surface area contributed by atoms with E-state index in [1.165, 1.54) is 18.0 Å². The molecule has 30 heavy (non-hydrogen) atoms. The molecule has 9 nitrogen and oxygen atoms in total. The SMILES string of the molecule is COc1ccccc1NC(=O)Cn1cnc2c(nnn2Cc2ccccc2C)c1=O. The van der Waals surface area contributed by atoms with Gasteiger partial charge < -0.3 is 10.1 Å². The molecule has 9 heteroatoms. The Balaban J connectivity index is 1.56. The Bertz CT molecular complexity index is 1280. The van der Waals surface area contributed by atoms with E-state index in [0.29, 0.717) is 23.6 Å². The number of methoxy groups -OCH3 is 1. The van der Waals surface area contributed by atoms with Crippen molar-refractivity contribution in [2.24, 2.45) is 0 Å². The van der Waals surface area contributed by atoms with Gasteiger partial charge in [0.25, 0.3) is 5.56 Å². The number of carbonyl (C=O) groups excluding carboxylic acids is 1. The summed E-state index contributed by atoms with van der Waals surface area (Å²) in [4.78, 5) is 29.5. The van der Waals surface area contributed by atoms with Crippen molar-refractivity contribution in [2.45, 2.75) is 20.0 Å². The van der Waals surface area contributed by atoms with E-state index in [2.05, 4.69) is 20.6 Å². The number of aryl methyl sites for hydroxylation is 1. The quantitative estimate of drug-likeness (QED) is 0.527. The molecule has 0 radical (unpaired) electrons. The highest BCUT2D eigenvalue weighted by molar-refractivity contribution is 5.92. The van der Waals surface area contributed by atoms with Crippen molar-refractivity contribution in [3.8, 4) is 5.75 Å². The lowest BCUT2D eigenvalue weighted by Crippen LogP contribution is -2.28. The van der Waals surface area contributed by atoms with Crippen LogP contribution in [0.4, 0.5) is 5.69 Å². The Morgan fingerprint density at radius 1 is 1.13 bits per heavy atom. The second-order valence-electron chi connectivity index (χ2n) is 6.77. The van der Waals surface area contributed by atoms with Crippen LogP contribution in [0.3, 0.4) is 0 Å². The van der Waals surface area contributed by atoms with Crippen molar-refractivity contribution in [2.75, 3.05) is 12.4 Å². The molecule has 2 aromatic carbocycles. The number of amides is 1. The third kappa shape index (κ3) is 3.77. The van der Waals surface area contributed by atoms with Crippen LogP contribution in [0.1, 0.15) is 11.1 Å². The summed E-state index contributed by atoms with van der Waals surface area (Å²) >= 11 is 0. The number of fused-ring (bicyclic) bond motifs is 1. The molecule has 0 aliphatic rings. The smallest absolute Gasteiger partial charge is 0.283 e. The number of aromatic nitrogens is 5. The second kappa shape index (κ2) is 8.16. The molecule has 152 valence electrons. The zero-order valence-electron chi connectivity index (χ0n) is 16.6. The third-order valence-electron chi connectivity index (χ3n) is 4.77. The number of nitrogens with zero attached hydrogens (tertiary/aromatic N) is 5. The predicted molar refractivity (Wildman–Crippen MR) is 111 cm³/mol. The number of para-hydroxylation sites is 2. The first-order valence-electron chi connectivity index (χ1n) is 9.33. The number of carbonyl (C=O) groups is 1. The predicted octanol–water partition coefficient (Wildman–Crippen LogP) is 1.99. The molecule has 2 aromatic heterocycles. The zero-order valence-corrected chi connectivity index (χ0v) is 16.6. The first-order valence-corrected chi connectivity index (χ1v) is 9.33. The van der Waals surface area contributed by atoms with Crippen LogP contribution < -0.4 is 15.6 Å². The molecule has 0 saturated carbocycles. The fourth-order valence-corrected chi connectivity index (χ4v) is 3.15. The highest BCUT2D eigenvalue weighted by Crippen LogP contribution is 2.22. The van der Waals surface area contributed by atoms with Crippen molar-refractivity contribution in [1.82, 2.24) is 24.5 Å². The van der Waals surface area contributed by atoms with Crippen molar-refractivity contribution in [1.29, 1.82) is 0 Å². The number of hydrogen-bond acceptors (Lipinski definition) is 6. The Morgan fingerprint density at radius 2 is 1.90 bits per heavy atom. The van der Waals surface area contributed by atoms with Gasteiger partial charge in [-0.1, -0.05) is 41.6 Å². The van der Waals surface area contributed by atoms with Crippen LogP contribution in [0.5, 0.6) is 5.75 Å². The van der Waals surface area contributed by atoms with Gasteiger partial charge in [0.15, 0.2) is 11.2 Å². The fraction of sp³-hybridized carbons (Fsp3) is 0.190. The average molecular weight is 404 g/mol. The number of benzene rings is 2. The van der Waals surface area contributed by atoms with Gasteiger partial charge in [-0.2, -0.15) is 0 Å². The highest BCUT2D eigenvalue weighted by atomic mass is 16.5. The first kappa shape index (κ1) is 19.3. The molecule has 4 aromatic rings. The number of ether oxygens (including phenoxy) is 1. The van der Waals surface area contributed by atoms with Gasteiger partial charge in [-0.05, 0) is 30.2 Å². The van der Waals surface area contributed by atoms with Crippen LogP contribution in [-0.4, -0.2) is 37.6 Å². The van der Waals surface area contributed by atoms with Crippen LogP contribution in [0.2, 0.25) is 0 Å². The van der Waals surface area contributed by atoms with E-state index in [1.807, 2.05) is 31.2 Å². The summed E-state index contributed by atoms with van der Waals surface area (Å²) in [5.41, 5.74) is 2.78. The fourth-order valence-electron chi connectivity index (χ4n) is 3.15. The lowest BCUT2D eigenvalue weighted by molar-refractivity contribution is -0.116. The minimum absolute atomic E-state index is 0.121. The summed E-state index contributed by atoms with van der Waals surface area (Å²) in [7, 11) is 1.52. The summed E-state index contributed by atoms with van der Waals surface area (Å²) in [5, 5.41) is 10.8. The maximum Gasteiger partial charge on any atom is 0.283 e. The molecule has 0 aliphatic heterocycles. The van der Waals surface area contributed by atoms with E-state index in [-0.39, 0.29) is 18.0 Å². The van der Waals surface area contributed by atoms with Crippen LogP contribution >= 0.6 is 0 Å². The number of hydrogen-bond donors (Lipinski definition) is 1. The van der Waals surface area contributed by atoms with Gasteiger partial charge in [0, 0.05) is 0 Å². The molecule has 0 saturated heterocycles. The zero-order chi connectivity index (χ0) is 21.1. The highest BCUT2D eigenvalue weighted by Gasteiger charge is 2.15. The first-order chi connectivity index (χ1) is 14.6.